The molecule has 1 aliphatic rings. The van der Waals surface area contributed by atoms with Crippen molar-refractivity contribution in [1.29, 1.82) is 0 Å². The zero-order valence-corrected chi connectivity index (χ0v) is 21.5. The molecule has 10 heteroatoms. The molecule has 35 heavy (non-hydrogen) atoms. The van der Waals surface area contributed by atoms with Gasteiger partial charge < -0.3 is 9.26 Å². The molecular weight excluding hydrogens is 507 g/mol. The van der Waals surface area contributed by atoms with Gasteiger partial charge in [-0.25, -0.2) is 4.98 Å². The van der Waals surface area contributed by atoms with E-state index in [0.29, 0.717) is 44.3 Å². The highest BCUT2D eigenvalue weighted by atomic mass is 35.5. The third-order valence-electron chi connectivity index (χ3n) is 5.98. The molecule has 3 heterocycles. The summed E-state index contributed by atoms with van der Waals surface area (Å²) in [5, 5.41) is 5.94. The van der Waals surface area contributed by atoms with Gasteiger partial charge in [-0.15, -0.1) is 0 Å². The number of ether oxygens (including phenoxy) is 1. The number of benzene rings is 2. The van der Waals surface area contributed by atoms with E-state index in [1.165, 1.54) is 11.3 Å². The largest absolute Gasteiger partial charge is 0.379 e. The van der Waals surface area contributed by atoms with Crippen LogP contribution in [0.5, 0.6) is 0 Å². The Morgan fingerprint density at radius 3 is 2.77 bits per heavy atom. The van der Waals surface area contributed by atoms with E-state index in [1.54, 1.807) is 24.0 Å². The van der Waals surface area contributed by atoms with E-state index < -0.39 is 0 Å². The second-order valence-corrected chi connectivity index (χ2v) is 10.2. The quantitative estimate of drug-likeness (QED) is 0.294. The number of carbonyl (C=O) groups excluding carboxylic acids is 1. The molecule has 4 aromatic rings. The van der Waals surface area contributed by atoms with Gasteiger partial charge in [0.25, 0.3) is 5.91 Å². The molecule has 1 fully saturated rings. The summed E-state index contributed by atoms with van der Waals surface area (Å²) in [7, 11) is 0. The Labute approximate surface area is 217 Å². The number of thiazole rings is 1. The Bertz CT molecular complexity index is 1350. The van der Waals surface area contributed by atoms with Crippen LogP contribution in [0.4, 0.5) is 5.13 Å². The monoisotopic (exact) mass is 530 g/mol. The molecule has 0 bridgehead atoms. The smallest absolute Gasteiger partial charge is 0.265 e. The number of anilines is 1. The SMILES string of the molecule is Cc1onc(-c2ccccc2Cl)c1C(=O)N(CCCN1CCOCC1)c1nc2ccc(Cl)cc2s1. The molecule has 0 radical (unpaired) electrons. The second-order valence-electron chi connectivity index (χ2n) is 8.32. The molecule has 0 atom stereocenters. The highest BCUT2D eigenvalue weighted by molar-refractivity contribution is 7.22. The maximum absolute atomic E-state index is 14.0. The van der Waals surface area contributed by atoms with Gasteiger partial charge in [0.05, 0.1) is 28.5 Å². The summed E-state index contributed by atoms with van der Waals surface area (Å²) in [6.45, 7) is 6.37. The van der Waals surface area contributed by atoms with Crippen LogP contribution in [0.15, 0.2) is 47.0 Å². The van der Waals surface area contributed by atoms with Crippen molar-refractivity contribution < 1.29 is 14.1 Å². The first kappa shape index (κ1) is 24.2. The molecule has 0 N–H and O–H groups in total. The number of morpholine rings is 1. The van der Waals surface area contributed by atoms with E-state index in [1.807, 2.05) is 30.3 Å². The molecule has 5 rings (SSSR count). The zero-order chi connectivity index (χ0) is 24.4. The maximum atomic E-state index is 14.0. The first-order valence-corrected chi connectivity index (χ1v) is 13.0. The zero-order valence-electron chi connectivity index (χ0n) is 19.2. The van der Waals surface area contributed by atoms with Crippen molar-refractivity contribution in [3.05, 3.63) is 63.8 Å². The lowest BCUT2D eigenvalue weighted by Crippen LogP contribution is -2.39. The van der Waals surface area contributed by atoms with Gasteiger partial charge in [0.2, 0.25) is 0 Å². The van der Waals surface area contributed by atoms with Gasteiger partial charge in [-0.3, -0.25) is 14.6 Å². The Kier molecular flexibility index (Phi) is 7.36. The lowest BCUT2D eigenvalue weighted by atomic mass is 10.1. The first-order valence-electron chi connectivity index (χ1n) is 11.4. The van der Waals surface area contributed by atoms with Crippen LogP contribution in [-0.2, 0) is 4.74 Å². The predicted octanol–water partition coefficient (Wildman–Crippen LogP) is 5.94. The Morgan fingerprint density at radius 2 is 1.97 bits per heavy atom. The molecule has 1 amide bonds. The number of aryl methyl sites for hydroxylation is 1. The highest BCUT2D eigenvalue weighted by Gasteiger charge is 2.29. The first-order chi connectivity index (χ1) is 17.0. The molecule has 0 unspecified atom stereocenters. The van der Waals surface area contributed by atoms with E-state index in [0.717, 1.165) is 49.5 Å². The molecule has 1 saturated heterocycles. The van der Waals surface area contributed by atoms with E-state index in [9.17, 15) is 4.79 Å². The van der Waals surface area contributed by atoms with Crippen molar-refractivity contribution in [2.45, 2.75) is 13.3 Å². The summed E-state index contributed by atoms with van der Waals surface area (Å²) >= 11 is 14.1. The Balaban J connectivity index is 1.49. The average Bonchev–Trinajstić information content (AvgIpc) is 3.45. The van der Waals surface area contributed by atoms with Crippen LogP contribution in [-0.4, -0.2) is 60.3 Å². The van der Waals surface area contributed by atoms with E-state index in [4.69, 9.17) is 37.4 Å². The minimum absolute atomic E-state index is 0.217. The van der Waals surface area contributed by atoms with Crippen molar-refractivity contribution in [2.75, 3.05) is 44.3 Å². The Morgan fingerprint density at radius 1 is 1.17 bits per heavy atom. The fraction of sp³-hybridized carbons (Fsp3) is 0.320. The summed E-state index contributed by atoms with van der Waals surface area (Å²) in [5.74, 6) is 0.220. The molecule has 0 saturated carbocycles. The van der Waals surface area contributed by atoms with Crippen LogP contribution in [0.1, 0.15) is 22.5 Å². The molecule has 2 aromatic carbocycles. The molecular formula is C25H24Cl2N4O3S. The molecule has 0 spiro atoms. The van der Waals surface area contributed by atoms with Gasteiger partial charge in [0.15, 0.2) is 5.13 Å². The number of nitrogens with zero attached hydrogens (tertiary/aromatic N) is 4. The molecule has 1 aliphatic heterocycles. The van der Waals surface area contributed by atoms with Gasteiger partial charge in [-0.05, 0) is 37.6 Å². The van der Waals surface area contributed by atoms with Crippen molar-refractivity contribution in [2.24, 2.45) is 0 Å². The number of hydrogen-bond acceptors (Lipinski definition) is 7. The van der Waals surface area contributed by atoms with Crippen molar-refractivity contribution in [1.82, 2.24) is 15.0 Å². The van der Waals surface area contributed by atoms with Crippen LogP contribution < -0.4 is 4.90 Å². The maximum Gasteiger partial charge on any atom is 0.265 e. The van der Waals surface area contributed by atoms with E-state index in [-0.39, 0.29) is 5.91 Å². The van der Waals surface area contributed by atoms with Gasteiger partial charge >= 0.3 is 0 Å². The van der Waals surface area contributed by atoms with Crippen LogP contribution in [0.3, 0.4) is 0 Å². The lowest BCUT2D eigenvalue weighted by molar-refractivity contribution is 0.0376. The Hall–Kier alpha value is -2.49. The highest BCUT2D eigenvalue weighted by Crippen LogP contribution is 2.35. The van der Waals surface area contributed by atoms with Crippen molar-refractivity contribution >= 4 is 55.8 Å². The van der Waals surface area contributed by atoms with E-state index >= 15 is 0 Å². The van der Waals surface area contributed by atoms with Crippen LogP contribution in [0.2, 0.25) is 10.0 Å². The third kappa shape index (κ3) is 5.22. The number of rotatable bonds is 7. The topological polar surface area (TPSA) is 71.7 Å². The fourth-order valence-electron chi connectivity index (χ4n) is 4.16. The minimum Gasteiger partial charge on any atom is -0.379 e. The number of halogens is 2. The van der Waals surface area contributed by atoms with Gasteiger partial charge in [0, 0.05) is 36.8 Å². The summed E-state index contributed by atoms with van der Waals surface area (Å²) in [6.07, 6.45) is 0.786. The number of amides is 1. The van der Waals surface area contributed by atoms with Crippen LogP contribution >= 0.6 is 34.5 Å². The average molecular weight is 531 g/mol. The summed E-state index contributed by atoms with van der Waals surface area (Å²) in [5.41, 5.74) is 2.27. The number of carbonyl (C=O) groups is 1. The minimum atomic E-state index is -0.217. The standard InChI is InChI=1S/C25H24Cl2N4O3S/c1-16-22(23(29-34-16)18-5-2-3-6-19(18)27)24(32)31(10-4-9-30-11-13-33-14-12-30)25-28-20-8-7-17(26)15-21(20)35-25/h2-3,5-8,15H,4,9-14H2,1H3. The van der Waals surface area contributed by atoms with Crippen molar-refractivity contribution in [3.8, 4) is 11.3 Å². The number of hydrogen-bond donors (Lipinski definition) is 0. The summed E-state index contributed by atoms with van der Waals surface area (Å²) < 4.78 is 11.8. The summed E-state index contributed by atoms with van der Waals surface area (Å²) in [6, 6.07) is 12.8. The van der Waals surface area contributed by atoms with E-state index in [2.05, 4.69) is 10.1 Å². The van der Waals surface area contributed by atoms with Crippen molar-refractivity contribution in [3.63, 3.8) is 0 Å². The fourth-order valence-corrected chi connectivity index (χ4v) is 5.65. The molecule has 0 aliphatic carbocycles. The molecule has 2 aromatic heterocycles. The van der Waals surface area contributed by atoms with Crippen LogP contribution in [0, 0.1) is 6.92 Å². The second kappa shape index (κ2) is 10.6. The third-order valence-corrected chi connectivity index (χ3v) is 7.59. The van der Waals surface area contributed by atoms with Gasteiger partial charge in [-0.2, -0.15) is 0 Å². The lowest BCUT2D eigenvalue weighted by Gasteiger charge is -2.27. The van der Waals surface area contributed by atoms with Crippen LogP contribution in [0.25, 0.3) is 21.5 Å². The van der Waals surface area contributed by atoms with Gasteiger partial charge in [0.1, 0.15) is 17.0 Å². The number of aromatic nitrogens is 2. The molecule has 7 nitrogen and oxygen atoms in total. The summed E-state index contributed by atoms with van der Waals surface area (Å²) in [4.78, 5) is 22.9. The predicted molar refractivity (Wildman–Crippen MR) is 140 cm³/mol. The normalized spacial score (nSPS) is 14.5. The number of fused-ring (bicyclic) bond motifs is 1. The van der Waals surface area contributed by atoms with Gasteiger partial charge in [-0.1, -0.05) is 57.9 Å². The molecule has 182 valence electrons.